The Hall–Kier alpha value is -1.88. The molecule has 0 aliphatic heterocycles. The van der Waals surface area contributed by atoms with Crippen LogP contribution >= 0.6 is 0 Å². The Morgan fingerprint density at radius 1 is 1.33 bits per heavy atom. The first kappa shape index (κ1) is 12.6. The Morgan fingerprint density at radius 3 is 2.83 bits per heavy atom. The van der Waals surface area contributed by atoms with E-state index in [-0.39, 0.29) is 17.3 Å². The van der Waals surface area contributed by atoms with Gasteiger partial charge in [-0.05, 0) is 30.3 Å². The summed E-state index contributed by atoms with van der Waals surface area (Å²) in [5, 5.41) is 0. The molecular weight excluding hydrogens is 252 g/mol. The summed E-state index contributed by atoms with van der Waals surface area (Å²) < 4.78 is 22.0. The number of ether oxygens (including phenoxy) is 1. The molecule has 0 N–H and O–H groups in total. The van der Waals surface area contributed by atoms with Crippen LogP contribution in [0.1, 0.15) is 10.6 Å². The molecule has 1 aromatic carbocycles. The minimum atomic E-state index is -1.40. The number of rotatable bonds is 5. The molecule has 0 spiro atoms. The molecule has 0 radical (unpaired) electrons. The van der Waals surface area contributed by atoms with Crippen molar-refractivity contribution in [2.45, 2.75) is 4.90 Å². The summed E-state index contributed by atoms with van der Waals surface area (Å²) in [6, 6.07) is 10.0. The van der Waals surface area contributed by atoms with E-state index in [0.717, 1.165) is 0 Å². The minimum Gasteiger partial charge on any atom is -0.497 e. The quantitative estimate of drug-likeness (QED) is 0.777. The molecule has 0 saturated carbocycles. The zero-order chi connectivity index (χ0) is 13.0. The van der Waals surface area contributed by atoms with Crippen LogP contribution in [0.2, 0.25) is 0 Å². The molecule has 2 rings (SSSR count). The molecule has 0 aliphatic rings. The van der Waals surface area contributed by atoms with Crippen LogP contribution in [0.5, 0.6) is 5.75 Å². The van der Waals surface area contributed by atoms with Crippen molar-refractivity contribution in [2.75, 3.05) is 12.9 Å². The Morgan fingerprint density at radius 2 is 2.17 bits per heavy atom. The van der Waals surface area contributed by atoms with Crippen LogP contribution in [0.15, 0.2) is 52.0 Å². The van der Waals surface area contributed by atoms with Gasteiger partial charge in [-0.2, -0.15) is 0 Å². The number of hydrogen-bond acceptors (Lipinski definition) is 4. The first-order chi connectivity index (χ1) is 8.70. The Kier molecular flexibility index (Phi) is 3.94. The first-order valence-corrected chi connectivity index (χ1v) is 6.61. The molecule has 0 bridgehead atoms. The summed E-state index contributed by atoms with van der Waals surface area (Å²) >= 11 is 0. The predicted molar refractivity (Wildman–Crippen MR) is 67.3 cm³/mol. The van der Waals surface area contributed by atoms with Crippen LogP contribution in [0.4, 0.5) is 0 Å². The fourth-order valence-electron chi connectivity index (χ4n) is 1.45. The highest BCUT2D eigenvalue weighted by molar-refractivity contribution is 7.85. The summed E-state index contributed by atoms with van der Waals surface area (Å²) in [6.45, 7) is 0. The van der Waals surface area contributed by atoms with E-state index in [1.807, 2.05) is 0 Å². The largest absolute Gasteiger partial charge is 0.497 e. The van der Waals surface area contributed by atoms with E-state index in [4.69, 9.17) is 9.15 Å². The van der Waals surface area contributed by atoms with Gasteiger partial charge < -0.3 is 9.15 Å². The van der Waals surface area contributed by atoms with Crippen molar-refractivity contribution in [1.29, 1.82) is 0 Å². The van der Waals surface area contributed by atoms with Gasteiger partial charge >= 0.3 is 0 Å². The Labute approximate surface area is 107 Å². The lowest BCUT2D eigenvalue weighted by Crippen LogP contribution is -2.10. The van der Waals surface area contributed by atoms with Gasteiger partial charge in [0.1, 0.15) is 5.75 Å². The summed E-state index contributed by atoms with van der Waals surface area (Å²) in [5.41, 5.74) is 0. The second kappa shape index (κ2) is 5.64. The predicted octanol–water partition coefficient (Wildman–Crippen LogP) is 2.28. The van der Waals surface area contributed by atoms with Gasteiger partial charge in [0.25, 0.3) is 0 Å². The maximum atomic E-state index is 12.0. The number of carbonyl (C=O) groups is 1. The van der Waals surface area contributed by atoms with E-state index >= 15 is 0 Å². The van der Waals surface area contributed by atoms with Crippen LogP contribution in [-0.4, -0.2) is 22.9 Å². The maximum Gasteiger partial charge on any atom is 0.210 e. The van der Waals surface area contributed by atoms with E-state index in [2.05, 4.69) is 0 Å². The van der Waals surface area contributed by atoms with Gasteiger partial charge in [0.15, 0.2) is 5.76 Å². The summed E-state index contributed by atoms with van der Waals surface area (Å²) in [4.78, 5) is 12.3. The van der Waals surface area contributed by atoms with Crippen molar-refractivity contribution in [3.63, 3.8) is 0 Å². The molecule has 1 heterocycles. The number of Topliss-reactive ketones (excluding diaryl/α,β-unsaturated/α-hetero) is 1. The minimum absolute atomic E-state index is 0.0965. The molecular formula is C13H12O4S. The molecule has 0 aliphatic carbocycles. The normalized spacial score (nSPS) is 12.1. The zero-order valence-electron chi connectivity index (χ0n) is 9.79. The molecule has 0 saturated heterocycles. The molecule has 18 heavy (non-hydrogen) atoms. The van der Waals surface area contributed by atoms with Crippen molar-refractivity contribution >= 4 is 16.6 Å². The molecule has 4 nitrogen and oxygen atoms in total. The number of benzene rings is 1. The smallest absolute Gasteiger partial charge is 0.210 e. The molecule has 0 fully saturated rings. The highest BCUT2D eigenvalue weighted by atomic mass is 32.2. The van der Waals surface area contributed by atoms with Gasteiger partial charge in [0.2, 0.25) is 5.78 Å². The van der Waals surface area contributed by atoms with Crippen molar-refractivity contribution < 1.29 is 18.2 Å². The van der Waals surface area contributed by atoms with Crippen molar-refractivity contribution in [1.82, 2.24) is 0 Å². The van der Waals surface area contributed by atoms with Crippen LogP contribution in [0.25, 0.3) is 0 Å². The Bertz CT molecular complexity index is 560. The fourth-order valence-corrected chi connectivity index (χ4v) is 2.48. The molecule has 1 unspecified atom stereocenters. The van der Waals surface area contributed by atoms with Crippen molar-refractivity contribution in [3.05, 3.63) is 48.4 Å². The lowest BCUT2D eigenvalue weighted by Gasteiger charge is -2.03. The van der Waals surface area contributed by atoms with Crippen LogP contribution in [0, 0.1) is 0 Å². The summed E-state index contributed by atoms with van der Waals surface area (Å²) in [7, 11) is 0.138. The summed E-state index contributed by atoms with van der Waals surface area (Å²) in [5.74, 6) is 0.472. The average molecular weight is 264 g/mol. The molecule has 1 atom stereocenters. The second-order valence-electron chi connectivity index (χ2n) is 3.57. The number of hydrogen-bond donors (Lipinski definition) is 0. The van der Waals surface area contributed by atoms with E-state index in [9.17, 15) is 9.00 Å². The highest BCUT2D eigenvalue weighted by Crippen LogP contribution is 2.16. The summed E-state index contributed by atoms with van der Waals surface area (Å²) in [6.07, 6.45) is 1.42. The molecule has 1 aromatic heterocycles. The van der Waals surface area contributed by atoms with Crippen LogP contribution in [-0.2, 0) is 10.8 Å². The fraction of sp³-hybridized carbons (Fsp3) is 0.154. The lowest BCUT2D eigenvalue weighted by molar-refractivity contribution is 0.0991. The highest BCUT2D eigenvalue weighted by Gasteiger charge is 2.14. The van der Waals surface area contributed by atoms with Crippen molar-refractivity contribution in [2.24, 2.45) is 0 Å². The number of carbonyl (C=O) groups excluding carboxylic acids is 1. The van der Waals surface area contributed by atoms with Crippen LogP contribution < -0.4 is 4.74 Å². The van der Waals surface area contributed by atoms with Gasteiger partial charge in [-0.15, -0.1) is 0 Å². The van der Waals surface area contributed by atoms with Crippen LogP contribution in [0.3, 0.4) is 0 Å². The third-order valence-corrected chi connectivity index (χ3v) is 3.67. The van der Waals surface area contributed by atoms with E-state index in [1.165, 1.54) is 13.4 Å². The molecule has 5 heteroatoms. The van der Waals surface area contributed by atoms with E-state index in [1.54, 1.807) is 36.4 Å². The standard InChI is InChI=1S/C13H12O4S/c1-16-10-4-2-5-11(8-10)18(15)9-12(14)13-6-3-7-17-13/h2-8H,9H2,1H3. The average Bonchev–Trinajstić information content (AvgIpc) is 2.92. The van der Waals surface area contributed by atoms with Gasteiger partial charge in [-0.25, -0.2) is 0 Å². The second-order valence-corrected chi connectivity index (χ2v) is 5.02. The SMILES string of the molecule is COc1cccc(S(=O)CC(=O)c2ccco2)c1. The topological polar surface area (TPSA) is 56.5 Å². The lowest BCUT2D eigenvalue weighted by atomic mass is 10.3. The first-order valence-electron chi connectivity index (χ1n) is 5.30. The number of methoxy groups -OCH3 is 1. The zero-order valence-corrected chi connectivity index (χ0v) is 10.6. The van der Waals surface area contributed by atoms with Gasteiger partial charge in [-0.3, -0.25) is 9.00 Å². The van der Waals surface area contributed by atoms with Gasteiger partial charge in [0.05, 0.1) is 29.9 Å². The van der Waals surface area contributed by atoms with Gasteiger partial charge in [-0.1, -0.05) is 6.07 Å². The van der Waals surface area contributed by atoms with Gasteiger partial charge in [0, 0.05) is 4.90 Å². The van der Waals surface area contributed by atoms with Crippen molar-refractivity contribution in [3.8, 4) is 5.75 Å². The van der Waals surface area contributed by atoms with E-state index in [0.29, 0.717) is 10.6 Å². The third-order valence-electron chi connectivity index (χ3n) is 2.36. The molecule has 0 amide bonds. The maximum absolute atomic E-state index is 12.0. The Balaban J connectivity index is 2.10. The number of ketones is 1. The monoisotopic (exact) mass is 264 g/mol. The third kappa shape index (κ3) is 2.87. The molecule has 2 aromatic rings. The van der Waals surface area contributed by atoms with E-state index < -0.39 is 10.8 Å². The molecule has 94 valence electrons. The number of furan rings is 1.